The van der Waals surface area contributed by atoms with Gasteiger partial charge >= 0.3 is 0 Å². The molecule has 0 unspecified atom stereocenters. The van der Waals surface area contributed by atoms with Crippen LogP contribution >= 0.6 is 0 Å². The van der Waals surface area contributed by atoms with E-state index in [1.807, 2.05) is 25.1 Å². The number of benzene rings is 1. The van der Waals surface area contributed by atoms with E-state index in [1.54, 1.807) is 0 Å². The van der Waals surface area contributed by atoms with E-state index >= 15 is 0 Å². The van der Waals surface area contributed by atoms with Crippen molar-refractivity contribution < 1.29 is 9.84 Å². The van der Waals surface area contributed by atoms with E-state index in [0.29, 0.717) is 12.5 Å². The predicted octanol–water partition coefficient (Wildman–Crippen LogP) is 2.51. The Morgan fingerprint density at radius 1 is 1.37 bits per heavy atom. The predicted molar refractivity (Wildman–Crippen MR) is 75.9 cm³/mol. The highest BCUT2D eigenvalue weighted by Crippen LogP contribution is 2.35. The van der Waals surface area contributed by atoms with Gasteiger partial charge in [0.2, 0.25) is 0 Å². The van der Waals surface area contributed by atoms with E-state index in [2.05, 4.69) is 17.0 Å². The van der Waals surface area contributed by atoms with Gasteiger partial charge < -0.3 is 14.7 Å². The van der Waals surface area contributed by atoms with Crippen LogP contribution in [0.25, 0.3) is 6.08 Å². The molecular weight excluding hydrogens is 238 g/mol. The van der Waals surface area contributed by atoms with Gasteiger partial charge in [-0.15, -0.1) is 0 Å². The largest absolute Gasteiger partial charge is 0.494 e. The lowest BCUT2D eigenvalue weighted by molar-refractivity contribution is 0.0215. The summed E-state index contributed by atoms with van der Waals surface area (Å²) < 4.78 is 5.52. The molecule has 0 amide bonds. The van der Waals surface area contributed by atoms with Gasteiger partial charge in [-0.2, -0.15) is 0 Å². The summed E-state index contributed by atoms with van der Waals surface area (Å²) in [6.07, 6.45) is 4.06. The number of ether oxygens (including phenoxy) is 1. The maximum Gasteiger partial charge on any atom is 0.119 e. The van der Waals surface area contributed by atoms with Crippen LogP contribution in [0.5, 0.6) is 5.75 Å². The Balaban J connectivity index is 1.86. The van der Waals surface area contributed by atoms with Gasteiger partial charge in [0, 0.05) is 18.8 Å². The summed E-state index contributed by atoms with van der Waals surface area (Å²) >= 11 is 0. The van der Waals surface area contributed by atoms with Crippen molar-refractivity contribution in [3.05, 3.63) is 35.5 Å². The molecule has 3 saturated heterocycles. The Bertz CT molecular complexity index is 471. The molecule has 3 nitrogen and oxygen atoms in total. The van der Waals surface area contributed by atoms with Crippen LogP contribution in [0.3, 0.4) is 0 Å². The summed E-state index contributed by atoms with van der Waals surface area (Å²) in [4.78, 5) is 2.32. The zero-order valence-electron chi connectivity index (χ0n) is 11.4. The molecule has 0 saturated carbocycles. The maximum absolute atomic E-state index is 10.4. The number of aliphatic hydroxyl groups is 1. The Hall–Kier alpha value is -1.48. The second kappa shape index (κ2) is 5.25. The van der Waals surface area contributed by atoms with E-state index in [4.69, 9.17) is 4.74 Å². The second-order valence-corrected chi connectivity index (χ2v) is 5.34. The van der Waals surface area contributed by atoms with Gasteiger partial charge in [-0.05, 0) is 49.5 Å². The van der Waals surface area contributed by atoms with Gasteiger partial charge in [0.05, 0.1) is 12.7 Å². The molecule has 3 aliphatic heterocycles. The molecule has 2 bridgehead atoms. The zero-order chi connectivity index (χ0) is 13.2. The molecule has 0 aliphatic carbocycles. The second-order valence-electron chi connectivity index (χ2n) is 5.34. The number of aliphatic hydroxyl groups excluding tert-OH is 1. The molecule has 0 radical (unpaired) electrons. The van der Waals surface area contributed by atoms with Crippen molar-refractivity contribution in [1.29, 1.82) is 0 Å². The van der Waals surface area contributed by atoms with Crippen LogP contribution in [-0.4, -0.2) is 35.8 Å². The molecule has 4 rings (SSSR count). The molecule has 3 heterocycles. The minimum atomic E-state index is -0.293. The molecule has 1 N–H and O–H groups in total. The molecule has 1 aromatic rings. The van der Waals surface area contributed by atoms with Crippen molar-refractivity contribution >= 4 is 6.08 Å². The fraction of sp³-hybridized carbons (Fsp3) is 0.500. The molecule has 1 atom stereocenters. The van der Waals surface area contributed by atoms with E-state index in [9.17, 15) is 5.11 Å². The molecule has 1 aromatic carbocycles. The topological polar surface area (TPSA) is 32.7 Å². The van der Waals surface area contributed by atoms with Crippen molar-refractivity contribution in [1.82, 2.24) is 4.90 Å². The van der Waals surface area contributed by atoms with Gasteiger partial charge in [-0.3, -0.25) is 0 Å². The zero-order valence-corrected chi connectivity index (χ0v) is 11.4. The van der Waals surface area contributed by atoms with Gasteiger partial charge in [0.1, 0.15) is 5.75 Å². The first-order valence-electron chi connectivity index (χ1n) is 7.15. The number of fused-ring (bicyclic) bond motifs is 3. The fourth-order valence-electron chi connectivity index (χ4n) is 3.11. The number of nitrogens with zero attached hydrogens (tertiary/aromatic N) is 1. The summed E-state index contributed by atoms with van der Waals surface area (Å²) in [5.41, 5.74) is 2.18. The summed E-state index contributed by atoms with van der Waals surface area (Å²) in [5.74, 6) is 1.34. The summed E-state index contributed by atoms with van der Waals surface area (Å²) in [7, 11) is 0. The molecule has 3 aliphatic rings. The lowest BCUT2D eigenvalue weighted by Crippen LogP contribution is -2.48. The van der Waals surface area contributed by atoms with Crippen LogP contribution < -0.4 is 4.74 Å². The van der Waals surface area contributed by atoms with Crippen LogP contribution in [0.1, 0.15) is 25.3 Å². The smallest absolute Gasteiger partial charge is 0.119 e. The highest BCUT2D eigenvalue weighted by Gasteiger charge is 2.36. The van der Waals surface area contributed by atoms with Crippen LogP contribution in [0.15, 0.2) is 30.0 Å². The number of piperidine rings is 3. The minimum absolute atomic E-state index is 0.293. The summed E-state index contributed by atoms with van der Waals surface area (Å²) in [6, 6.07) is 8.06. The van der Waals surface area contributed by atoms with Crippen molar-refractivity contribution in [2.75, 3.05) is 19.7 Å². The van der Waals surface area contributed by atoms with Crippen LogP contribution in [-0.2, 0) is 0 Å². The van der Waals surface area contributed by atoms with Gasteiger partial charge in [-0.1, -0.05) is 12.1 Å². The van der Waals surface area contributed by atoms with Crippen LogP contribution in [0, 0.1) is 5.92 Å². The third-order valence-corrected chi connectivity index (χ3v) is 4.14. The monoisotopic (exact) mass is 259 g/mol. The Kier molecular flexibility index (Phi) is 3.47. The van der Waals surface area contributed by atoms with Crippen LogP contribution in [0.4, 0.5) is 0 Å². The van der Waals surface area contributed by atoms with E-state index < -0.39 is 0 Å². The Morgan fingerprint density at radius 3 is 2.84 bits per heavy atom. The standard InChI is InChI=1S/C16H21NO2/c1-2-19-14-5-3-4-12(10-14)11-15-16(18)13-6-8-17(15)9-7-13/h3-5,10-11,13,16,18H,2,6-9H2,1H3/b15-11-/t16-/m1/s1. The van der Waals surface area contributed by atoms with E-state index in [-0.39, 0.29) is 6.10 Å². The molecule has 3 fully saturated rings. The summed E-state index contributed by atoms with van der Waals surface area (Å²) in [5, 5.41) is 10.4. The normalized spacial score (nSPS) is 27.9. The number of rotatable bonds is 3. The number of hydrogen-bond acceptors (Lipinski definition) is 3. The average molecular weight is 259 g/mol. The average Bonchev–Trinajstić information content (AvgIpc) is 2.44. The minimum Gasteiger partial charge on any atom is -0.494 e. The molecule has 0 spiro atoms. The van der Waals surface area contributed by atoms with Crippen molar-refractivity contribution in [2.24, 2.45) is 5.92 Å². The first kappa shape index (κ1) is 12.5. The highest BCUT2D eigenvalue weighted by molar-refractivity contribution is 5.56. The quantitative estimate of drug-likeness (QED) is 0.905. The third kappa shape index (κ3) is 2.47. The first-order chi connectivity index (χ1) is 9.28. The molecule has 3 heteroatoms. The SMILES string of the molecule is CCOc1cccc(/C=C2/[C@H](O)C3CCN2CC3)c1. The van der Waals surface area contributed by atoms with E-state index in [1.165, 1.54) is 0 Å². The molecule has 19 heavy (non-hydrogen) atoms. The molecule has 0 aromatic heterocycles. The van der Waals surface area contributed by atoms with Gasteiger partial charge in [0.25, 0.3) is 0 Å². The van der Waals surface area contributed by atoms with E-state index in [0.717, 1.165) is 42.9 Å². The van der Waals surface area contributed by atoms with Crippen molar-refractivity contribution in [3.8, 4) is 5.75 Å². The number of hydrogen-bond donors (Lipinski definition) is 1. The molecule has 102 valence electrons. The fourth-order valence-corrected chi connectivity index (χ4v) is 3.11. The lowest BCUT2D eigenvalue weighted by atomic mass is 9.83. The summed E-state index contributed by atoms with van der Waals surface area (Å²) in [6.45, 7) is 4.83. The Morgan fingerprint density at radius 2 is 2.16 bits per heavy atom. The lowest BCUT2D eigenvalue weighted by Gasteiger charge is -2.45. The molecular formula is C16H21NO2. The third-order valence-electron chi connectivity index (χ3n) is 4.14. The van der Waals surface area contributed by atoms with Crippen molar-refractivity contribution in [2.45, 2.75) is 25.9 Å². The van der Waals surface area contributed by atoms with Gasteiger partial charge in [0.15, 0.2) is 0 Å². The Labute approximate surface area is 114 Å². The first-order valence-corrected chi connectivity index (χ1v) is 7.15. The maximum atomic E-state index is 10.4. The van der Waals surface area contributed by atoms with Crippen molar-refractivity contribution in [3.63, 3.8) is 0 Å². The van der Waals surface area contributed by atoms with Crippen LogP contribution in [0.2, 0.25) is 0 Å². The van der Waals surface area contributed by atoms with Gasteiger partial charge in [-0.25, -0.2) is 0 Å². The highest BCUT2D eigenvalue weighted by atomic mass is 16.5.